The van der Waals surface area contributed by atoms with E-state index in [-0.39, 0.29) is 6.07 Å². The highest BCUT2D eigenvalue weighted by Gasteiger charge is 2.42. The average molecular weight is 338 g/mol. The minimum atomic E-state index is -5.42. The van der Waals surface area contributed by atoms with E-state index in [1.54, 1.807) is 0 Å². The van der Waals surface area contributed by atoms with E-state index in [1.165, 1.54) is 0 Å². The Morgan fingerprint density at radius 2 is 1.52 bits per heavy atom. The lowest BCUT2D eigenvalue weighted by atomic mass is 10.1. The van der Waals surface area contributed by atoms with Crippen LogP contribution >= 0.6 is 0 Å². The molecule has 1 N–H and O–H groups in total. The van der Waals surface area contributed by atoms with Crippen molar-refractivity contribution in [3.63, 3.8) is 0 Å². The molecular formula is C9H5F3N4O7. The first kappa shape index (κ1) is 17.7. The molecule has 11 nitrogen and oxygen atoms in total. The summed E-state index contributed by atoms with van der Waals surface area (Å²) in [5.41, 5.74) is -5.85. The van der Waals surface area contributed by atoms with Crippen LogP contribution in [0.3, 0.4) is 0 Å². The van der Waals surface area contributed by atoms with Crippen LogP contribution in [0.25, 0.3) is 0 Å². The van der Waals surface area contributed by atoms with Crippen LogP contribution in [-0.4, -0.2) is 26.9 Å². The second-order valence-corrected chi connectivity index (χ2v) is 3.99. The lowest BCUT2D eigenvalue weighted by Gasteiger charge is -2.10. The predicted molar refractivity (Wildman–Crippen MR) is 65.8 cm³/mol. The van der Waals surface area contributed by atoms with Gasteiger partial charge in [0.25, 0.3) is 0 Å². The van der Waals surface area contributed by atoms with Crippen molar-refractivity contribution in [2.45, 2.75) is 13.1 Å². The normalized spacial score (nSPS) is 11.0. The molecular weight excluding hydrogens is 333 g/mol. The van der Waals surface area contributed by atoms with Gasteiger partial charge in [-0.25, -0.2) is 0 Å². The molecule has 1 aromatic carbocycles. The van der Waals surface area contributed by atoms with Crippen molar-refractivity contribution in [2.24, 2.45) is 0 Å². The lowest BCUT2D eigenvalue weighted by Crippen LogP contribution is -2.30. The van der Waals surface area contributed by atoms with Crippen molar-refractivity contribution in [1.82, 2.24) is 0 Å². The van der Waals surface area contributed by atoms with E-state index >= 15 is 0 Å². The van der Waals surface area contributed by atoms with Crippen molar-refractivity contribution < 1.29 is 32.7 Å². The van der Waals surface area contributed by atoms with Gasteiger partial charge < -0.3 is 5.32 Å². The Bertz CT molecular complexity index is 731. The van der Waals surface area contributed by atoms with Crippen LogP contribution in [0.5, 0.6) is 0 Å². The second kappa shape index (κ2) is 5.82. The van der Waals surface area contributed by atoms with Gasteiger partial charge in [-0.3, -0.25) is 35.1 Å². The molecule has 0 aliphatic heterocycles. The quantitative estimate of drug-likeness (QED) is 0.650. The summed E-state index contributed by atoms with van der Waals surface area (Å²) in [6.45, 7) is 0.743. The zero-order valence-electron chi connectivity index (χ0n) is 10.9. The van der Waals surface area contributed by atoms with Gasteiger partial charge in [-0.05, 0) is 6.92 Å². The molecule has 0 spiro atoms. The zero-order valence-corrected chi connectivity index (χ0v) is 10.9. The third kappa shape index (κ3) is 3.47. The molecule has 0 aliphatic carbocycles. The number of amides is 1. The Labute approximate surface area is 123 Å². The Hall–Kier alpha value is -3.32. The second-order valence-electron chi connectivity index (χ2n) is 3.99. The SMILES string of the molecule is Cc1c([N+](=O)[O-])c(NC(=O)C(F)(F)F)cc([N+](=O)[O-])c1[N+](=O)[O-]. The number of halogens is 3. The molecule has 0 heterocycles. The molecule has 14 heteroatoms. The van der Waals surface area contributed by atoms with Gasteiger partial charge >= 0.3 is 29.1 Å². The van der Waals surface area contributed by atoms with Gasteiger partial charge in [-0.2, -0.15) is 13.2 Å². The number of benzene rings is 1. The number of nitro benzene ring substituents is 3. The number of alkyl halides is 3. The molecule has 23 heavy (non-hydrogen) atoms. The highest BCUT2D eigenvalue weighted by Crippen LogP contribution is 2.42. The van der Waals surface area contributed by atoms with E-state index in [2.05, 4.69) is 0 Å². The first-order valence-corrected chi connectivity index (χ1v) is 5.36. The average Bonchev–Trinajstić information content (AvgIpc) is 2.35. The molecule has 0 saturated heterocycles. The van der Waals surface area contributed by atoms with Gasteiger partial charge in [-0.1, -0.05) is 0 Å². The fourth-order valence-corrected chi connectivity index (χ4v) is 1.67. The molecule has 0 unspecified atom stereocenters. The van der Waals surface area contributed by atoms with Crippen LogP contribution in [0, 0.1) is 37.3 Å². The van der Waals surface area contributed by atoms with Gasteiger partial charge in [0.15, 0.2) is 0 Å². The smallest absolute Gasteiger partial charge is 0.312 e. The Balaban J connectivity index is 3.70. The summed E-state index contributed by atoms with van der Waals surface area (Å²) in [5, 5.41) is 33.6. The number of hydrogen-bond acceptors (Lipinski definition) is 7. The summed E-state index contributed by atoms with van der Waals surface area (Å²) in [4.78, 5) is 39.5. The number of carbonyl (C=O) groups is 1. The van der Waals surface area contributed by atoms with Crippen molar-refractivity contribution in [2.75, 3.05) is 5.32 Å². The maximum absolute atomic E-state index is 12.2. The summed E-state index contributed by atoms with van der Waals surface area (Å²) in [7, 11) is 0. The van der Waals surface area contributed by atoms with E-state index in [1.807, 2.05) is 0 Å². The molecule has 0 saturated carbocycles. The van der Waals surface area contributed by atoms with Crippen LogP contribution in [0.15, 0.2) is 6.07 Å². The topological polar surface area (TPSA) is 159 Å². The molecule has 0 aliphatic rings. The van der Waals surface area contributed by atoms with Gasteiger partial charge in [0.05, 0.1) is 20.8 Å². The number of anilines is 1. The monoisotopic (exact) mass is 338 g/mol. The summed E-state index contributed by atoms with van der Waals surface area (Å²) < 4.78 is 36.6. The summed E-state index contributed by atoms with van der Waals surface area (Å²) in [6, 6.07) is 0.132. The number of carbonyl (C=O) groups excluding carboxylic acids is 1. The Morgan fingerprint density at radius 1 is 1.04 bits per heavy atom. The molecule has 0 fully saturated rings. The Morgan fingerprint density at radius 3 is 1.87 bits per heavy atom. The van der Waals surface area contributed by atoms with E-state index < -0.39 is 55.2 Å². The van der Waals surface area contributed by atoms with Crippen LogP contribution in [0.2, 0.25) is 0 Å². The van der Waals surface area contributed by atoms with Crippen molar-refractivity contribution in [1.29, 1.82) is 0 Å². The predicted octanol–water partition coefficient (Wildman–Crippen LogP) is 2.22. The van der Waals surface area contributed by atoms with E-state index in [4.69, 9.17) is 0 Å². The fraction of sp³-hybridized carbons (Fsp3) is 0.222. The van der Waals surface area contributed by atoms with Crippen molar-refractivity contribution in [3.05, 3.63) is 42.0 Å². The maximum atomic E-state index is 12.2. The lowest BCUT2D eigenvalue weighted by molar-refractivity contribution is -0.424. The van der Waals surface area contributed by atoms with E-state index in [0.717, 1.165) is 12.2 Å². The summed E-state index contributed by atoms with van der Waals surface area (Å²) in [5.74, 6) is -2.62. The minimum absolute atomic E-state index is 0.132. The van der Waals surface area contributed by atoms with Crippen molar-refractivity contribution in [3.8, 4) is 0 Å². The zero-order chi connectivity index (χ0) is 18.1. The largest absolute Gasteiger partial charge is 0.471 e. The van der Waals surface area contributed by atoms with Crippen LogP contribution in [0.4, 0.5) is 35.9 Å². The summed E-state index contributed by atoms with van der Waals surface area (Å²) in [6.07, 6.45) is -5.42. The molecule has 124 valence electrons. The molecule has 0 atom stereocenters. The first-order valence-electron chi connectivity index (χ1n) is 5.36. The number of nitro groups is 3. The van der Waals surface area contributed by atoms with Crippen molar-refractivity contribution >= 4 is 28.7 Å². The number of nitrogens with one attached hydrogen (secondary N) is 1. The number of nitrogens with zero attached hydrogens (tertiary/aromatic N) is 3. The number of hydrogen-bond donors (Lipinski definition) is 1. The van der Waals surface area contributed by atoms with Crippen LogP contribution < -0.4 is 5.32 Å². The van der Waals surface area contributed by atoms with Gasteiger partial charge in [0.2, 0.25) is 0 Å². The van der Waals surface area contributed by atoms with Gasteiger partial charge in [-0.15, -0.1) is 0 Å². The maximum Gasteiger partial charge on any atom is 0.471 e. The molecule has 0 bridgehead atoms. The third-order valence-corrected chi connectivity index (χ3v) is 2.56. The molecule has 0 aromatic heterocycles. The number of rotatable bonds is 4. The molecule has 1 rings (SSSR count). The van der Waals surface area contributed by atoms with Crippen LogP contribution in [-0.2, 0) is 4.79 Å². The highest BCUT2D eigenvalue weighted by molar-refractivity contribution is 5.98. The first-order chi connectivity index (χ1) is 10.4. The molecule has 0 radical (unpaired) electrons. The van der Waals surface area contributed by atoms with Gasteiger partial charge in [0.1, 0.15) is 11.3 Å². The fourth-order valence-electron chi connectivity index (χ4n) is 1.67. The summed E-state index contributed by atoms with van der Waals surface area (Å²) >= 11 is 0. The van der Waals surface area contributed by atoms with E-state index in [9.17, 15) is 48.3 Å². The third-order valence-electron chi connectivity index (χ3n) is 2.56. The minimum Gasteiger partial charge on any atom is -0.312 e. The Kier molecular flexibility index (Phi) is 4.49. The molecule has 1 aromatic rings. The van der Waals surface area contributed by atoms with Gasteiger partial charge in [0, 0.05) is 0 Å². The highest BCUT2D eigenvalue weighted by atomic mass is 19.4. The van der Waals surface area contributed by atoms with E-state index in [0.29, 0.717) is 0 Å². The molecule has 1 amide bonds. The standard InChI is InChI=1S/C9H5F3N4O7/c1-3-6(15(20)21)4(13-8(17)9(10,11)12)2-5(14(18)19)7(3)16(22)23/h2H,1H3,(H,13,17). The van der Waals surface area contributed by atoms with Crippen LogP contribution in [0.1, 0.15) is 5.56 Å².